The monoisotopic (exact) mass is 363 g/mol. The van der Waals surface area contributed by atoms with Crippen molar-refractivity contribution < 1.29 is 9.84 Å². The largest absolute Gasteiger partial charge is 0.385 e. The van der Waals surface area contributed by atoms with Crippen molar-refractivity contribution in [2.45, 2.75) is 91.4 Å². The lowest BCUT2D eigenvalue weighted by Crippen LogP contribution is -2.65. The molecule has 4 fully saturated rings. The highest BCUT2D eigenvalue weighted by Gasteiger charge is 2.62. The van der Waals surface area contributed by atoms with Crippen molar-refractivity contribution in [2.24, 2.45) is 40.4 Å². The lowest BCUT2D eigenvalue weighted by molar-refractivity contribution is -0.229. The molecule has 0 aromatic heterocycles. The Morgan fingerprint density at radius 3 is 2.35 bits per heavy atom. The summed E-state index contributed by atoms with van der Waals surface area (Å²) >= 11 is 0. The van der Waals surface area contributed by atoms with Crippen LogP contribution in [0.3, 0.4) is 0 Å². The predicted octanol–water partition coefficient (Wildman–Crippen LogP) is 4.59. The van der Waals surface area contributed by atoms with E-state index in [-0.39, 0.29) is 11.6 Å². The summed E-state index contributed by atoms with van der Waals surface area (Å²) in [6, 6.07) is 0. The number of fused-ring (bicyclic) bond motifs is 3. The smallest absolute Gasteiger partial charge is 0.137 e. The fraction of sp³-hybridized carbons (Fsp3) is 1.00. The van der Waals surface area contributed by atoms with E-state index in [2.05, 4.69) is 39.9 Å². The zero-order valence-electron chi connectivity index (χ0n) is 17.7. The van der Waals surface area contributed by atoms with Crippen LogP contribution in [0.1, 0.15) is 79.6 Å². The van der Waals surface area contributed by atoms with Gasteiger partial charge in [-0.3, -0.25) is 5.32 Å². The van der Waals surface area contributed by atoms with Gasteiger partial charge >= 0.3 is 0 Å². The Kier molecular flexibility index (Phi) is 4.77. The fourth-order valence-corrected chi connectivity index (χ4v) is 7.85. The number of ether oxygens (including phenoxy) is 1. The Hall–Kier alpha value is -0.120. The molecule has 1 saturated heterocycles. The second kappa shape index (κ2) is 6.46. The summed E-state index contributed by atoms with van der Waals surface area (Å²) in [5.41, 5.74) is -0.327. The lowest BCUT2D eigenvalue weighted by Gasteiger charge is -2.62. The standard InChI is InChI=1S/C23H41NO2/c1-15-6-7-17-14-19-16(2)8-11-23(25,20-24-12-13-26-20)22(19,5)10-9-18(15)21(17,3)4/h15-20,24-25H,6-14H2,1-5H3/t15-,16-,17+,18+,19-,20?,22+,23?/m1/s1. The minimum absolute atomic E-state index is 0.0449. The Morgan fingerprint density at radius 2 is 1.65 bits per heavy atom. The summed E-state index contributed by atoms with van der Waals surface area (Å²) in [5, 5.41) is 15.5. The number of aliphatic hydroxyl groups is 1. The topological polar surface area (TPSA) is 41.5 Å². The second-order valence-corrected chi connectivity index (χ2v) is 11.1. The Labute approximate surface area is 160 Å². The van der Waals surface area contributed by atoms with Crippen molar-refractivity contribution in [3.05, 3.63) is 0 Å². The van der Waals surface area contributed by atoms with Gasteiger partial charge in [-0.1, -0.05) is 41.0 Å². The van der Waals surface area contributed by atoms with Crippen molar-refractivity contribution in [1.82, 2.24) is 5.32 Å². The first-order valence-corrected chi connectivity index (χ1v) is 11.3. The van der Waals surface area contributed by atoms with Crippen LogP contribution in [0.15, 0.2) is 0 Å². The van der Waals surface area contributed by atoms with Gasteiger partial charge in [-0.25, -0.2) is 0 Å². The maximum atomic E-state index is 12.0. The average molecular weight is 364 g/mol. The molecule has 0 radical (unpaired) electrons. The summed E-state index contributed by atoms with van der Waals surface area (Å²) in [6.07, 6.45) is 8.31. The van der Waals surface area contributed by atoms with E-state index in [0.29, 0.717) is 17.3 Å². The van der Waals surface area contributed by atoms with Crippen molar-refractivity contribution >= 4 is 0 Å². The number of nitrogens with one attached hydrogen (secondary N) is 1. The predicted molar refractivity (Wildman–Crippen MR) is 106 cm³/mol. The summed E-state index contributed by atoms with van der Waals surface area (Å²) < 4.78 is 6.01. The van der Waals surface area contributed by atoms with Gasteiger partial charge in [0, 0.05) is 12.0 Å². The van der Waals surface area contributed by atoms with Gasteiger partial charge in [0.05, 0.1) is 6.61 Å². The molecule has 3 nitrogen and oxygen atoms in total. The zero-order valence-corrected chi connectivity index (χ0v) is 17.7. The van der Waals surface area contributed by atoms with Crippen LogP contribution in [0, 0.1) is 40.4 Å². The molecule has 8 atom stereocenters. The second-order valence-electron chi connectivity index (χ2n) is 11.1. The molecule has 0 aromatic carbocycles. The minimum Gasteiger partial charge on any atom is -0.385 e. The molecule has 4 aliphatic rings. The highest BCUT2D eigenvalue weighted by atomic mass is 16.5. The Morgan fingerprint density at radius 1 is 0.923 bits per heavy atom. The molecule has 1 heterocycles. The molecule has 26 heavy (non-hydrogen) atoms. The SMILES string of the molecule is C[C@@H]1CCC(O)(C2NCCO2)[C@@]2(C)CC[C@H]3[C@H](C)CC[C@@H](C[C@H]12)C3(C)C. The van der Waals surface area contributed by atoms with Crippen molar-refractivity contribution in [3.63, 3.8) is 0 Å². The van der Waals surface area contributed by atoms with Gasteiger partial charge < -0.3 is 9.84 Å². The molecule has 2 N–H and O–H groups in total. The van der Waals surface area contributed by atoms with Gasteiger partial charge in [-0.05, 0) is 73.5 Å². The molecule has 1 aliphatic heterocycles. The average Bonchev–Trinajstić information content (AvgIpc) is 3.11. The maximum Gasteiger partial charge on any atom is 0.137 e. The van der Waals surface area contributed by atoms with Crippen LogP contribution in [0.25, 0.3) is 0 Å². The van der Waals surface area contributed by atoms with Crippen LogP contribution in [-0.4, -0.2) is 30.1 Å². The van der Waals surface area contributed by atoms with Crippen molar-refractivity contribution in [3.8, 4) is 0 Å². The molecule has 150 valence electrons. The van der Waals surface area contributed by atoms with Crippen LogP contribution >= 0.6 is 0 Å². The molecule has 0 spiro atoms. The van der Waals surface area contributed by atoms with E-state index in [1.54, 1.807) is 0 Å². The third-order valence-corrected chi connectivity index (χ3v) is 9.80. The van der Waals surface area contributed by atoms with Crippen LogP contribution in [-0.2, 0) is 4.74 Å². The molecule has 2 unspecified atom stereocenters. The molecule has 3 aliphatic carbocycles. The molecule has 0 aromatic rings. The number of hydrogen-bond donors (Lipinski definition) is 2. The van der Waals surface area contributed by atoms with E-state index in [1.165, 1.54) is 25.7 Å². The van der Waals surface area contributed by atoms with Gasteiger partial charge in [0.2, 0.25) is 0 Å². The van der Waals surface area contributed by atoms with Gasteiger partial charge in [-0.2, -0.15) is 0 Å². The minimum atomic E-state index is -0.723. The summed E-state index contributed by atoms with van der Waals surface area (Å²) in [7, 11) is 0. The zero-order chi connectivity index (χ0) is 18.7. The summed E-state index contributed by atoms with van der Waals surface area (Å²) in [4.78, 5) is 0. The Balaban J connectivity index is 1.72. The summed E-state index contributed by atoms with van der Waals surface area (Å²) in [6.45, 7) is 14.0. The van der Waals surface area contributed by atoms with Crippen molar-refractivity contribution in [2.75, 3.05) is 13.2 Å². The Bertz CT molecular complexity index is 528. The van der Waals surface area contributed by atoms with Gasteiger partial charge in [0.25, 0.3) is 0 Å². The maximum absolute atomic E-state index is 12.0. The highest BCUT2D eigenvalue weighted by molar-refractivity contribution is 5.11. The van der Waals surface area contributed by atoms with Gasteiger partial charge in [0.1, 0.15) is 11.8 Å². The fourth-order valence-electron chi connectivity index (χ4n) is 7.85. The van der Waals surface area contributed by atoms with Crippen LogP contribution < -0.4 is 5.32 Å². The molecular formula is C23H41NO2. The molecule has 2 bridgehead atoms. The van der Waals surface area contributed by atoms with Crippen LogP contribution in [0.5, 0.6) is 0 Å². The number of rotatable bonds is 1. The van der Waals surface area contributed by atoms with E-state index in [0.717, 1.165) is 50.2 Å². The quantitative estimate of drug-likeness (QED) is 0.716. The van der Waals surface area contributed by atoms with E-state index in [9.17, 15) is 5.11 Å². The van der Waals surface area contributed by atoms with E-state index >= 15 is 0 Å². The first-order chi connectivity index (χ1) is 12.2. The van der Waals surface area contributed by atoms with E-state index in [4.69, 9.17) is 4.74 Å². The highest BCUT2D eigenvalue weighted by Crippen LogP contribution is 2.63. The molecule has 3 heteroatoms. The van der Waals surface area contributed by atoms with E-state index < -0.39 is 5.60 Å². The third-order valence-electron chi connectivity index (χ3n) is 9.80. The van der Waals surface area contributed by atoms with Gasteiger partial charge in [-0.15, -0.1) is 0 Å². The van der Waals surface area contributed by atoms with E-state index in [1.807, 2.05) is 0 Å². The molecule has 4 rings (SSSR count). The van der Waals surface area contributed by atoms with Crippen molar-refractivity contribution in [1.29, 1.82) is 0 Å². The first-order valence-electron chi connectivity index (χ1n) is 11.3. The molecule has 3 saturated carbocycles. The van der Waals surface area contributed by atoms with Crippen LogP contribution in [0.4, 0.5) is 0 Å². The molecule has 0 amide bonds. The molecular weight excluding hydrogens is 322 g/mol. The number of hydrogen-bond acceptors (Lipinski definition) is 3. The third kappa shape index (κ3) is 2.63. The van der Waals surface area contributed by atoms with Gasteiger partial charge in [0.15, 0.2) is 0 Å². The van der Waals surface area contributed by atoms with Crippen LogP contribution in [0.2, 0.25) is 0 Å². The first kappa shape index (κ1) is 19.2. The lowest BCUT2D eigenvalue weighted by atomic mass is 9.45. The normalized spacial score (nSPS) is 54.2. The summed E-state index contributed by atoms with van der Waals surface area (Å²) in [5.74, 6) is 3.71.